The lowest BCUT2D eigenvalue weighted by Crippen LogP contribution is -2.16. The summed E-state index contributed by atoms with van der Waals surface area (Å²) in [7, 11) is 0. The van der Waals surface area contributed by atoms with E-state index >= 15 is 0 Å². The van der Waals surface area contributed by atoms with Gasteiger partial charge in [0.05, 0.1) is 0 Å². The zero-order valence-electron chi connectivity index (χ0n) is 19.5. The first-order valence-corrected chi connectivity index (χ1v) is 11.5. The molecule has 4 aromatic rings. The molecule has 34 heavy (non-hydrogen) atoms. The van der Waals surface area contributed by atoms with Crippen molar-refractivity contribution in [2.24, 2.45) is 0 Å². The molecule has 1 aliphatic carbocycles. The summed E-state index contributed by atoms with van der Waals surface area (Å²) in [6.45, 7) is 5.89. The van der Waals surface area contributed by atoms with Crippen molar-refractivity contribution in [1.29, 1.82) is 0 Å². The Morgan fingerprint density at radius 2 is 1.79 bits per heavy atom. The Bertz CT molecular complexity index is 1420. The summed E-state index contributed by atoms with van der Waals surface area (Å²) < 4.78 is 10.9. The molecule has 0 spiro atoms. The summed E-state index contributed by atoms with van der Waals surface area (Å²) in [6.07, 6.45) is 1.54. The van der Waals surface area contributed by atoms with Gasteiger partial charge in [0, 0.05) is 5.56 Å². The number of benzene rings is 3. The number of ether oxygens (including phenoxy) is 1. The molecule has 1 aromatic heterocycles. The van der Waals surface area contributed by atoms with Gasteiger partial charge in [-0.3, -0.25) is 5.32 Å². The molecule has 1 amide bonds. The van der Waals surface area contributed by atoms with Gasteiger partial charge >= 0.3 is 6.09 Å². The van der Waals surface area contributed by atoms with E-state index < -0.39 is 12.2 Å². The van der Waals surface area contributed by atoms with Crippen LogP contribution in [-0.4, -0.2) is 11.2 Å². The lowest BCUT2D eigenvalue weighted by atomic mass is 9.95. The highest BCUT2D eigenvalue weighted by molar-refractivity contribution is 5.87. The number of carbonyl (C=O) groups excluding carboxylic acids is 1. The largest absolute Gasteiger partial charge is 0.441 e. The number of carbonyl (C=O) groups is 1. The Balaban J connectivity index is 1.32. The number of hydrogen-bond acceptors (Lipinski definition) is 4. The van der Waals surface area contributed by atoms with E-state index in [2.05, 4.69) is 59.6 Å². The van der Waals surface area contributed by atoms with Crippen LogP contribution in [0.2, 0.25) is 0 Å². The maximum Gasteiger partial charge on any atom is 0.412 e. The maximum absolute atomic E-state index is 12.5. The molecule has 5 heteroatoms. The predicted molar refractivity (Wildman–Crippen MR) is 133 cm³/mol. The van der Waals surface area contributed by atoms with Gasteiger partial charge in [-0.05, 0) is 72.1 Å². The van der Waals surface area contributed by atoms with Crippen molar-refractivity contribution in [2.45, 2.75) is 45.1 Å². The molecule has 0 radical (unpaired) electrons. The molecule has 0 unspecified atom stereocenters. The normalized spacial score (nSPS) is 14.7. The highest BCUT2D eigenvalue weighted by Gasteiger charge is 2.38. The fourth-order valence-corrected chi connectivity index (χ4v) is 3.99. The van der Waals surface area contributed by atoms with Gasteiger partial charge in [0.15, 0.2) is 0 Å². The van der Waals surface area contributed by atoms with Gasteiger partial charge in [0.2, 0.25) is 5.76 Å². The van der Waals surface area contributed by atoms with E-state index in [-0.39, 0.29) is 0 Å². The Morgan fingerprint density at radius 1 is 1.06 bits per heavy atom. The summed E-state index contributed by atoms with van der Waals surface area (Å²) >= 11 is 0. The number of fused-ring (bicyclic) bond motifs is 1. The van der Waals surface area contributed by atoms with Crippen LogP contribution in [0, 0.1) is 18.8 Å². The fourth-order valence-electron chi connectivity index (χ4n) is 3.99. The molecule has 1 aliphatic rings. The van der Waals surface area contributed by atoms with Crippen LogP contribution in [0.4, 0.5) is 10.5 Å². The van der Waals surface area contributed by atoms with Crippen LogP contribution >= 0.6 is 0 Å². The van der Waals surface area contributed by atoms with Crippen molar-refractivity contribution < 1.29 is 14.1 Å². The lowest BCUT2D eigenvalue weighted by Gasteiger charge is -2.13. The van der Waals surface area contributed by atoms with Crippen molar-refractivity contribution in [2.75, 3.05) is 5.32 Å². The number of amides is 1. The minimum atomic E-state index is -0.587. The third-order valence-electron chi connectivity index (χ3n) is 6.50. The van der Waals surface area contributed by atoms with Crippen molar-refractivity contribution >= 4 is 22.6 Å². The second-order valence-corrected chi connectivity index (χ2v) is 9.14. The summed E-state index contributed by atoms with van der Waals surface area (Å²) in [6, 6.07) is 22.4. The zero-order valence-corrected chi connectivity index (χ0v) is 19.5. The van der Waals surface area contributed by atoms with E-state index in [9.17, 15) is 4.79 Å². The van der Waals surface area contributed by atoms with Crippen LogP contribution in [0.3, 0.4) is 0 Å². The first-order valence-electron chi connectivity index (χ1n) is 11.5. The van der Waals surface area contributed by atoms with Crippen LogP contribution in [0.1, 0.15) is 60.9 Å². The van der Waals surface area contributed by atoms with Gasteiger partial charge in [-0.2, -0.15) is 0 Å². The monoisotopic (exact) mass is 450 g/mol. The molecule has 170 valence electrons. The Kier molecular flexibility index (Phi) is 5.59. The van der Waals surface area contributed by atoms with Crippen molar-refractivity contribution in [1.82, 2.24) is 5.16 Å². The Labute approximate surface area is 199 Å². The van der Waals surface area contributed by atoms with Gasteiger partial charge in [-0.25, -0.2) is 4.79 Å². The number of nitrogens with zero attached hydrogens (tertiary/aromatic N) is 1. The van der Waals surface area contributed by atoms with Crippen molar-refractivity contribution in [3.05, 3.63) is 94.9 Å². The Hall–Kier alpha value is -4.04. The van der Waals surface area contributed by atoms with Gasteiger partial charge in [-0.1, -0.05) is 72.6 Å². The lowest BCUT2D eigenvalue weighted by molar-refractivity contribution is 0.121. The van der Waals surface area contributed by atoms with Crippen LogP contribution in [0.25, 0.3) is 10.8 Å². The fraction of sp³-hybridized carbons (Fsp3) is 0.241. The molecular formula is C29H26N2O3. The molecular weight excluding hydrogens is 424 g/mol. The minimum absolute atomic E-state index is 0.291. The number of nitrogens with one attached hydrogen (secondary N) is 1. The van der Waals surface area contributed by atoms with E-state index in [1.807, 2.05) is 43.3 Å². The SMILES string of the molecule is Cc1noc(C#Cc2ccc3cc(C4(C)CC4)ccc3c2)c1NC(=O)O[C@H](C)c1ccccc1. The van der Waals surface area contributed by atoms with Crippen molar-refractivity contribution in [3.8, 4) is 11.8 Å². The highest BCUT2D eigenvalue weighted by atomic mass is 16.6. The topological polar surface area (TPSA) is 64.4 Å². The number of aromatic nitrogens is 1. The van der Waals surface area contributed by atoms with Crippen LogP contribution in [0.15, 0.2) is 71.3 Å². The smallest absolute Gasteiger partial charge is 0.412 e. The third kappa shape index (κ3) is 4.53. The zero-order chi connectivity index (χ0) is 23.7. The minimum Gasteiger partial charge on any atom is -0.441 e. The summed E-state index contributed by atoms with van der Waals surface area (Å²) in [5.74, 6) is 6.42. The molecule has 1 fully saturated rings. The number of hydrogen-bond donors (Lipinski definition) is 1. The first-order chi connectivity index (χ1) is 16.4. The number of anilines is 1. The second kappa shape index (κ2) is 8.72. The summed E-state index contributed by atoms with van der Waals surface area (Å²) in [5.41, 5.74) is 4.47. The average Bonchev–Trinajstić information content (AvgIpc) is 3.52. The molecule has 0 saturated heterocycles. The molecule has 1 N–H and O–H groups in total. The van der Waals surface area contributed by atoms with Crippen molar-refractivity contribution in [3.63, 3.8) is 0 Å². The average molecular weight is 451 g/mol. The van der Waals surface area contributed by atoms with Gasteiger partial charge in [0.25, 0.3) is 0 Å². The molecule has 5 rings (SSSR count). The molecule has 1 heterocycles. The predicted octanol–water partition coefficient (Wildman–Crippen LogP) is 6.90. The maximum atomic E-state index is 12.5. The standard InChI is InChI=1S/C29H26N2O3/c1-19-27(30-28(32)33-20(2)22-7-5-4-6-8-22)26(34-31-19)14-10-21-9-11-24-18-25(29(3)15-16-29)13-12-23(24)17-21/h4-9,11-13,17-18,20H,15-16H2,1-3H3,(H,30,32)/t20-/m1/s1. The first kappa shape index (κ1) is 21.8. The summed E-state index contributed by atoms with van der Waals surface area (Å²) in [4.78, 5) is 12.5. The van der Waals surface area contributed by atoms with Gasteiger partial charge in [0.1, 0.15) is 17.5 Å². The van der Waals surface area contributed by atoms with Crippen LogP contribution in [0.5, 0.6) is 0 Å². The number of aryl methyl sites for hydroxylation is 1. The van der Waals surface area contributed by atoms with E-state index in [4.69, 9.17) is 9.26 Å². The quantitative estimate of drug-likeness (QED) is 0.344. The van der Waals surface area contributed by atoms with E-state index in [1.165, 1.54) is 23.8 Å². The second-order valence-electron chi connectivity index (χ2n) is 9.14. The highest BCUT2D eigenvalue weighted by Crippen LogP contribution is 2.48. The molecule has 0 bridgehead atoms. The van der Waals surface area contributed by atoms with Gasteiger partial charge in [-0.15, -0.1) is 0 Å². The molecule has 1 atom stereocenters. The van der Waals surface area contributed by atoms with Crippen LogP contribution < -0.4 is 5.32 Å². The molecule has 0 aliphatic heterocycles. The molecule has 5 nitrogen and oxygen atoms in total. The van der Waals surface area contributed by atoms with E-state index in [0.29, 0.717) is 22.6 Å². The molecule has 1 saturated carbocycles. The summed E-state index contributed by atoms with van der Waals surface area (Å²) in [5, 5.41) is 9.05. The van der Waals surface area contributed by atoms with Gasteiger partial charge < -0.3 is 9.26 Å². The van der Waals surface area contributed by atoms with Crippen LogP contribution in [-0.2, 0) is 10.2 Å². The molecule has 3 aromatic carbocycles. The van der Waals surface area contributed by atoms with E-state index in [1.54, 1.807) is 6.92 Å². The third-order valence-corrected chi connectivity index (χ3v) is 6.50. The number of rotatable bonds is 4. The Morgan fingerprint density at radius 3 is 2.56 bits per heavy atom. The van der Waals surface area contributed by atoms with E-state index in [0.717, 1.165) is 16.5 Å².